The van der Waals surface area contributed by atoms with Crippen LogP contribution >= 0.6 is 23.2 Å². The van der Waals surface area contributed by atoms with Crippen molar-refractivity contribution >= 4 is 29.1 Å². The van der Waals surface area contributed by atoms with E-state index in [2.05, 4.69) is 5.32 Å². The van der Waals surface area contributed by atoms with E-state index in [1.165, 1.54) is 0 Å². The Morgan fingerprint density at radius 1 is 1.21 bits per heavy atom. The summed E-state index contributed by atoms with van der Waals surface area (Å²) in [5, 5.41) is 3.61. The average Bonchev–Trinajstić information content (AvgIpc) is 2.68. The van der Waals surface area contributed by atoms with Crippen LogP contribution < -0.4 is 5.32 Å². The molecule has 0 bridgehead atoms. The molecule has 0 aliphatic carbocycles. The summed E-state index contributed by atoms with van der Waals surface area (Å²) < 4.78 is 5.40. The Kier molecular flexibility index (Phi) is 4.17. The maximum atomic E-state index is 12.0. The number of halogens is 2. The zero-order valence-electron chi connectivity index (χ0n) is 10.6. The lowest BCUT2D eigenvalue weighted by Gasteiger charge is -2.05. The van der Waals surface area contributed by atoms with Gasteiger partial charge in [0.2, 0.25) is 0 Å². The highest BCUT2D eigenvalue weighted by Crippen LogP contribution is 2.22. The molecule has 2 rings (SSSR count). The zero-order chi connectivity index (χ0) is 14.0. The Morgan fingerprint density at radius 3 is 2.53 bits per heavy atom. The van der Waals surface area contributed by atoms with Crippen LogP contribution in [0.25, 0.3) is 0 Å². The summed E-state index contributed by atoms with van der Waals surface area (Å²) in [6, 6.07) is 6.69. The van der Waals surface area contributed by atoms with Gasteiger partial charge in [-0.25, -0.2) is 0 Å². The van der Waals surface area contributed by atoms with Crippen LogP contribution in [0.3, 0.4) is 0 Å². The first-order valence-electron chi connectivity index (χ1n) is 5.76. The Hall–Kier alpha value is -1.45. The predicted molar refractivity (Wildman–Crippen MR) is 75.8 cm³/mol. The lowest BCUT2D eigenvalue weighted by Crippen LogP contribution is -2.22. The molecule has 0 atom stereocenters. The highest BCUT2D eigenvalue weighted by atomic mass is 35.5. The smallest absolute Gasteiger partial charge is 0.251 e. The molecule has 1 N–H and O–H groups in total. The van der Waals surface area contributed by atoms with Gasteiger partial charge in [0, 0.05) is 17.7 Å². The SMILES string of the molecule is Cc1cc(CNC(=O)c2ccc(Cl)c(Cl)c2)c(C)o1. The quantitative estimate of drug-likeness (QED) is 0.925. The molecule has 0 unspecified atom stereocenters. The van der Waals surface area contributed by atoms with E-state index >= 15 is 0 Å². The Balaban J connectivity index is 2.05. The number of amides is 1. The fourth-order valence-electron chi connectivity index (χ4n) is 1.77. The van der Waals surface area contributed by atoms with Crippen molar-refractivity contribution < 1.29 is 9.21 Å². The molecule has 5 heteroatoms. The van der Waals surface area contributed by atoms with Crippen molar-refractivity contribution in [2.75, 3.05) is 0 Å². The summed E-state index contributed by atoms with van der Waals surface area (Å²) in [6.45, 7) is 4.16. The fourth-order valence-corrected chi connectivity index (χ4v) is 2.07. The molecule has 0 saturated carbocycles. The third-order valence-corrected chi connectivity index (χ3v) is 3.50. The van der Waals surface area contributed by atoms with E-state index in [1.54, 1.807) is 18.2 Å². The third-order valence-electron chi connectivity index (χ3n) is 2.76. The number of nitrogens with one attached hydrogen (secondary N) is 1. The van der Waals surface area contributed by atoms with E-state index in [0.717, 1.165) is 17.1 Å². The van der Waals surface area contributed by atoms with Gasteiger partial charge in [-0.2, -0.15) is 0 Å². The maximum absolute atomic E-state index is 12.0. The minimum atomic E-state index is -0.197. The average molecular weight is 298 g/mol. The van der Waals surface area contributed by atoms with Crippen LogP contribution in [0.2, 0.25) is 10.0 Å². The summed E-state index contributed by atoms with van der Waals surface area (Å²) in [5.41, 5.74) is 1.44. The van der Waals surface area contributed by atoms with Gasteiger partial charge in [-0.3, -0.25) is 4.79 Å². The van der Waals surface area contributed by atoms with Crippen molar-refractivity contribution in [1.82, 2.24) is 5.32 Å². The number of rotatable bonds is 3. The Bertz CT molecular complexity index is 620. The summed E-state index contributed by atoms with van der Waals surface area (Å²) in [7, 11) is 0. The number of carbonyl (C=O) groups excluding carboxylic acids is 1. The molecule has 0 spiro atoms. The van der Waals surface area contributed by atoms with Crippen LogP contribution in [-0.2, 0) is 6.54 Å². The lowest BCUT2D eigenvalue weighted by molar-refractivity contribution is 0.0951. The standard InChI is InChI=1S/C14H13Cl2NO2/c1-8-5-11(9(2)19-8)7-17-14(18)10-3-4-12(15)13(16)6-10/h3-6H,7H2,1-2H3,(H,17,18). The number of hydrogen-bond acceptors (Lipinski definition) is 2. The van der Waals surface area contributed by atoms with Gasteiger partial charge in [-0.1, -0.05) is 23.2 Å². The molecule has 1 aromatic heterocycles. The number of aryl methyl sites for hydroxylation is 2. The largest absolute Gasteiger partial charge is 0.466 e. The monoisotopic (exact) mass is 297 g/mol. The molecule has 0 aliphatic rings. The first-order chi connectivity index (χ1) is 8.97. The third kappa shape index (κ3) is 3.31. The van der Waals surface area contributed by atoms with Gasteiger partial charge in [0.15, 0.2) is 0 Å². The summed E-state index contributed by atoms with van der Waals surface area (Å²) in [4.78, 5) is 12.0. The van der Waals surface area contributed by atoms with Gasteiger partial charge in [0.05, 0.1) is 10.0 Å². The van der Waals surface area contributed by atoms with E-state index in [9.17, 15) is 4.79 Å². The van der Waals surface area contributed by atoms with Crippen molar-refractivity contribution in [2.24, 2.45) is 0 Å². The molecule has 0 fully saturated rings. The molecule has 1 heterocycles. The van der Waals surface area contributed by atoms with Crippen LogP contribution in [-0.4, -0.2) is 5.91 Å². The second-order valence-electron chi connectivity index (χ2n) is 4.25. The number of carbonyl (C=O) groups is 1. The number of benzene rings is 1. The summed E-state index contributed by atoms with van der Waals surface area (Å²) >= 11 is 11.7. The molecule has 0 radical (unpaired) electrons. The van der Waals surface area contributed by atoms with Gasteiger partial charge < -0.3 is 9.73 Å². The molecular formula is C14H13Cl2NO2. The second kappa shape index (κ2) is 5.68. The lowest BCUT2D eigenvalue weighted by atomic mass is 10.2. The van der Waals surface area contributed by atoms with Gasteiger partial charge in [0.25, 0.3) is 5.91 Å². The fraction of sp³-hybridized carbons (Fsp3) is 0.214. The van der Waals surface area contributed by atoms with Crippen molar-refractivity contribution in [2.45, 2.75) is 20.4 Å². The Morgan fingerprint density at radius 2 is 1.95 bits per heavy atom. The van der Waals surface area contributed by atoms with Gasteiger partial charge in [-0.05, 0) is 38.1 Å². The van der Waals surface area contributed by atoms with Crippen molar-refractivity contribution in [3.8, 4) is 0 Å². The first kappa shape index (κ1) is 14.0. The topological polar surface area (TPSA) is 42.2 Å². The molecule has 100 valence electrons. The summed E-state index contributed by atoms with van der Waals surface area (Å²) in [6.07, 6.45) is 0. The van der Waals surface area contributed by atoms with Crippen LogP contribution in [0.15, 0.2) is 28.7 Å². The van der Waals surface area contributed by atoms with E-state index in [4.69, 9.17) is 27.6 Å². The molecule has 0 aliphatic heterocycles. The minimum absolute atomic E-state index is 0.197. The normalized spacial score (nSPS) is 10.5. The molecule has 0 saturated heterocycles. The second-order valence-corrected chi connectivity index (χ2v) is 5.06. The van der Waals surface area contributed by atoms with E-state index < -0.39 is 0 Å². The van der Waals surface area contributed by atoms with Crippen molar-refractivity contribution in [1.29, 1.82) is 0 Å². The van der Waals surface area contributed by atoms with Gasteiger partial charge >= 0.3 is 0 Å². The molecule has 1 aromatic carbocycles. The molecule has 1 amide bonds. The van der Waals surface area contributed by atoms with Gasteiger partial charge in [0.1, 0.15) is 11.5 Å². The first-order valence-corrected chi connectivity index (χ1v) is 6.52. The summed E-state index contributed by atoms with van der Waals surface area (Å²) in [5.74, 6) is 1.44. The maximum Gasteiger partial charge on any atom is 0.251 e. The zero-order valence-corrected chi connectivity index (χ0v) is 12.1. The molecular weight excluding hydrogens is 285 g/mol. The molecule has 3 nitrogen and oxygen atoms in total. The van der Waals surface area contributed by atoms with E-state index in [-0.39, 0.29) is 5.91 Å². The van der Waals surface area contributed by atoms with Crippen LogP contribution in [0.5, 0.6) is 0 Å². The number of hydrogen-bond donors (Lipinski definition) is 1. The Labute approximate surface area is 121 Å². The van der Waals surface area contributed by atoms with Crippen LogP contribution in [0.1, 0.15) is 27.4 Å². The number of furan rings is 1. The minimum Gasteiger partial charge on any atom is -0.466 e. The highest BCUT2D eigenvalue weighted by Gasteiger charge is 2.10. The van der Waals surface area contributed by atoms with Gasteiger partial charge in [-0.15, -0.1) is 0 Å². The van der Waals surface area contributed by atoms with Crippen LogP contribution in [0.4, 0.5) is 0 Å². The van der Waals surface area contributed by atoms with E-state index in [0.29, 0.717) is 22.2 Å². The van der Waals surface area contributed by atoms with Crippen molar-refractivity contribution in [3.63, 3.8) is 0 Å². The highest BCUT2D eigenvalue weighted by molar-refractivity contribution is 6.42. The predicted octanol–water partition coefficient (Wildman–Crippen LogP) is 4.13. The van der Waals surface area contributed by atoms with Crippen molar-refractivity contribution in [3.05, 3.63) is 57.0 Å². The van der Waals surface area contributed by atoms with Crippen LogP contribution in [0, 0.1) is 13.8 Å². The molecule has 19 heavy (non-hydrogen) atoms. The molecule has 2 aromatic rings. The van der Waals surface area contributed by atoms with E-state index in [1.807, 2.05) is 19.9 Å².